The lowest BCUT2D eigenvalue weighted by molar-refractivity contribution is 1.35. The van der Waals surface area contributed by atoms with E-state index in [1.807, 2.05) is 11.4 Å². The van der Waals surface area contributed by atoms with E-state index < -0.39 is 0 Å². The van der Waals surface area contributed by atoms with Gasteiger partial charge in [-0.1, -0.05) is 0 Å². The quantitative estimate of drug-likeness (QED) is 0.687. The molecule has 0 unspecified atom stereocenters. The molecule has 0 fully saturated rings. The van der Waals surface area contributed by atoms with Crippen LogP contribution in [0.15, 0.2) is 23.6 Å². The maximum Gasteiger partial charge on any atom is 0.150 e. The molecule has 3 N–H and O–H groups in total. The molecule has 1 aromatic carbocycles. The second-order valence-corrected chi connectivity index (χ2v) is 5.16. The Morgan fingerprint density at radius 2 is 2.00 bits per heavy atom. The third-order valence-electron chi connectivity index (χ3n) is 3.01. The molecule has 3 aromatic rings. The van der Waals surface area contributed by atoms with Crippen LogP contribution in [0.3, 0.4) is 0 Å². The minimum Gasteiger partial charge on any atom is -0.397 e. The molecule has 0 atom stereocenters. The number of aromatic nitrogens is 2. The third kappa shape index (κ3) is 1.61. The van der Waals surface area contributed by atoms with E-state index in [4.69, 9.17) is 5.73 Å². The number of fused-ring (bicyclic) bond motifs is 1. The van der Waals surface area contributed by atoms with E-state index in [1.165, 1.54) is 11.1 Å². The maximum atomic E-state index is 5.90. The SMILES string of the molecule is Cc1cc2nc(-c3sccc3N)[nH]c2cc1C. The minimum atomic E-state index is 0.780. The predicted molar refractivity (Wildman–Crippen MR) is 73.3 cm³/mol. The molecule has 86 valence electrons. The summed E-state index contributed by atoms with van der Waals surface area (Å²) < 4.78 is 0. The Morgan fingerprint density at radius 3 is 2.71 bits per heavy atom. The van der Waals surface area contributed by atoms with Crippen LogP contribution in [0.4, 0.5) is 5.69 Å². The Morgan fingerprint density at radius 1 is 1.24 bits per heavy atom. The van der Waals surface area contributed by atoms with E-state index in [0.29, 0.717) is 0 Å². The van der Waals surface area contributed by atoms with E-state index in [1.54, 1.807) is 11.3 Å². The van der Waals surface area contributed by atoms with E-state index in [-0.39, 0.29) is 0 Å². The number of aryl methyl sites for hydroxylation is 2. The number of aromatic amines is 1. The molecule has 0 amide bonds. The van der Waals surface area contributed by atoms with Crippen LogP contribution in [0.25, 0.3) is 21.7 Å². The topological polar surface area (TPSA) is 54.7 Å². The molecule has 3 nitrogen and oxygen atoms in total. The van der Waals surface area contributed by atoms with Crippen molar-refractivity contribution in [1.82, 2.24) is 9.97 Å². The Kier molecular flexibility index (Phi) is 2.19. The van der Waals surface area contributed by atoms with Gasteiger partial charge in [-0.3, -0.25) is 0 Å². The molecule has 0 spiro atoms. The van der Waals surface area contributed by atoms with Crippen LogP contribution in [0, 0.1) is 13.8 Å². The van der Waals surface area contributed by atoms with Crippen molar-refractivity contribution < 1.29 is 0 Å². The van der Waals surface area contributed by atoms with Gasteiger partial charge in [-0.2, -0.15) is 0 Å². The van der Waals surface area contributed by atoms with Crippen LogP contribution in [-0.4, -0.2) is 9.97 Å². The largest absolute Gasteiger partial charge is 0.397 e. The van der Waals surface area contributed by atoms with Gasteiger partial charge >= 0.3 is 0 Å². The maximum absolute atomic E-state index is 5.90. The van der Waals surface area contributed by atoms with Crippen LogP contribution in [0.5, 0.6) is 0 Å². The highest BCUT2D eigenvalue weighted by molar-refractivity contribution is 7.14. The molecule has 0 saturated heterocycles. The van der Waals surface area contributed by atoms with Crippen LogP contribution >= 0.6 is 11.3 Å². The number of benzene rings is 1. The monoisotopic (exact) mass is 243 g/mol. The molecule has 0 saturated carbocycles. The van der Waals surface area contributed by atoms with Gasteiger partial charge in [-0.05, 0) is 48.6 Å². The van der Waals surface area contributed by atoms with Crippen LogP contribution < -0.4 is 5.73 Å². The van der Waals surface area contributed by atoms with Gasteiger partial charge in [-0.15, -0.1) is 11.3 Å². The summed E-state index contributed by atoms with van der Waals surface area (Å²) in [5.41, 5.74) is 11.3. The number of nitrogens with zero attached hydrogens (tertiary/aromatic N) is 1. The van der Waals surface area contributed by atoms with Gasteiger partial charge < -0.3 is 10.7 Å². The summed E-state index contributed by atoms with van der Waals surface area (Å²) in [6, 6.07) is 6.14. The second-order valence-electron chi connectivity index (χ2n) is 4.24. The Hall–Kier alpha value is -1.81. The van der Waals surface area contributed by atoms with Gasteiger partial charge in [0, 0.05) is 0 Å². The summed E-state index contributed by atoms with van der Waals surface area (Å²) in [5.74, 6) is 0.859. The summed E-state index contributed by atoms with van der Waals surface area (Å²) in [6.45, 7) is 4.21. The Labute approximate surface area is 103 Å². The molecule has 2 heterocycles. The number of hydrogen-bond donors (Lipinski definition) is 2. The van der Waals surface area contributed by atoms with Gasteiger partial charge in [0.25, 0.3) is 0 Å². The summed E-state index contributed by atoms with van der Waals surface area (Å²) in [7, 11) is 0. The molecule has 4 heteroatoms. The van der Waals surface area contributed by atoms with E-state index in [9.17, 15) is 0 Å². The number of nitrogen functional groups attached to an aromatic ring is 1. The van der Waals surface area contributed by atoms with Crippen molar-refractivity contribution >= 4 is 28.1 Å². The number of nitrogens with two attached hydrogens (primary N) is 1. The lowest BCUT2D eigenvalue weighted by Crippen LogP contribution is -1.84. The highest BCUT2D eigenvalue weighted by atomic mass is 32.1. The van der Waals surface area contributed by atoms with Crippen molar-refractivity contribution in [2.45, 2.75) is 13.8 Å². The van der Waals surface area contributed by atoms with Crippen LogP contribution in [0.1, 0.15) is 11.1 Å². The summed E-state index contributed by atoms with van der Waals surface area (Å²) in [5, 5.41) is 1.98. The fraction of sp³-hybridized carbons (Fsp3) is 0.154. The summed E-state index contributed by atoms with van der Waals surface area (Å²) in [4.78, 5) is 8.93. The first kappa shape index (κ1) is 10.4. The lowest BCUT2D eigenvalue weighted by Gasteiger charge is -1.97. The average molecular weight is 243 g/mol. The number of imidazole rings is 1. The van der Waals surface area contributed by atoms with Crippen molar-refractivity contribution in [3.05, 3.63) is 34.7 Å². The van der Waals surface area contributed by atoms with Gasteiger partial charge in [0.1, 0.15) is 0 Å². The van der Waals surface area contributed by atoms with Crippen LogP contribution in [0.2, 0.25) is 0 Å². The molecule has 0 aliphatic carbocycles. The normalized spacial score (nSPS) is 11.2. The highest BCUT2D eigenvalue weighted by Crippen LogP contribution is 2.31. The molecule has 0 radical (unpaired) electrons. The fourth-order valence-corrected chi connectivity index (χ4v) is 2.65. The van der Waals surface area contributed by atoms with Crippen molar-refractivity contribution in [2.24, 2.45) is 0 Å². The van der Waals surface area contributed by atoms with Crippen molar-refractivity contribution in [3.63, 3.8) is 0 Å². The average Bonchev–Trinajstić information content (AvgIpc) is 2.85. The Bertz CT molecular complexity index is 655. The molecule has 0 bridgehead atoms. The fourth-order valence-electron chi connectivity index (χ4n) is 1.89. The molecule has 0 aliphatic rings. The van der Waals surface area contributed by atoms with E-state index in [0.717, 1.165) is 27.4 Å². The summed E-state index contributed by atoms with van der Waals surface area (Å²) >= 11 is 1.61. The van der Waals surface area contributed by atoms with Gasteiger partial charge in [0.2, 0.25) is 0 Å². The number of H-pyrrole nitrogens is 1. The minimum absolute atomic E-state index is 0.780. The first-order valence-electron chi connectivity index (χ1n) is 5.45. The molecular formula is C13H13N3S. The molecule has 17 heavy (non-hydrogen) atoms. The predicted octanol–water partition coefficient (Wildman–Crippen LogP) is 3.49. The van der Waals surface area contributed by atoms with Gasteiger partial charge in [-0.25, -0.2) is 4.98 Å². The van der Waals surface area contributed by atoms with E-state index >= 15 is 0 Å². The third-order valence-corrected chi connectivity index (χ3v) is 3.95. The van der Waals surface area contributed by atoms with E-state index in [2.05, 4.69) is 35.9 Å². The van der Waals surface area contributed by atoms with Crippen molar-refractivity contribution in [3.8, 4) is 10.7 Å². The number of hydrogen-bond acceptors (Lipinski definition) is 3. The summed E-state index contributed by atoms with van der Waals surface area (Å²) in [6.07, 6.45) is 0. The standard InChI is InChI=1S/C13H13N3S/c1-7-5-10-11(6-8(7)2)16-13(15-10)12-9(14)3-4-17-12/h3-6H,14H2,1-2H3,(H,15,16). The highest BCUT2D eigenvalue weighted by Gasteiger charge is 2.10. The van der Waals surface area contributed by atoms with Crippen molar-refractivity contribution in [1.29, 1.82) is 0 Å². The second kappa shape index (κ2) is 3.60. The van der Waals surface area contributed by atoms with Gasteiger partial charge in [0.05, 0.1) is 21.6 Å². The van der Waals surface area contributed by atoms with Crippen LogP contribution in [-0.2, 0) is 0 Å². The number of rotatable bonds is 1. The first-order valence-corrected chi connectivity index (χ1v) is 6.33. The molecule has 0 aliphatic heterocycles. The zero-order valence-corrected chi connectivity index (χ0v) is 10.6. The first-order chi connectivity index (χ1) is 8.15. The zero-order valence-electron chi connectivity index (χ0n) is 9.74. The molecular weight excluding hydrogens is 230 g/mol. The lowest BCUT2D eigenvalue weighted by atomic mass is 10.1. The number of nitrogens with one attached hydrogen (secondary N) is 1. The Balaban J connectivity index is 2.24. The smallest absolute Gasteiger partial charge is 0.150 e. The van der Waals surface area contributed by atoms with Gasteiger partial charge in [0.15, 0.2) is 5.82 Å². The number of thiophene rings is 1. The molecule has 2 aromatic heterocycles. The number of anilines is 1. The van der Waals surface area contributed by atoms with Crippen molar-refractivity contribution in [2.75, 3.05) is 5.73 Å². The molecule has 3 rings (SSSR count). The zero-order chi connectivity index (χ0) is 12.0.